The summed E-state index contributed by atoms with van der Waals surface area (Å²) < 4.78 is 0. The molecule has 0 aliphatic rings. The Hall–Kier alpha value is -2.07. The summed E-state index contributed by atoms with van der Waals surface area (Å²) >= 11 is 5.95. The molecule has 18 heavy (non-hydrogen) atoms. The first-order valence-corrected chi connectivity index (χ1v) is 5.73. The predicted octanol–water partition coefficient (Wildman–Crippen LogP) is 2.88. The number of anilines is 2. The second-order valence-electron chi connectivity index (χ2n) is 3.91. The van der Waals surface area contributed by atoms with Gasteiger partial charge in [-0.1, -0.05) is 17.7 Å². The lowest BCUT2D eigenvalue weighted by atomic mass is 10.2. The third kappa shape index (κ3) is 2.78. The number of nitrogens with one attached hydrogen (secondary N) is 1. The van der Waals surface area contributed by atoms with Crippen molar-refractivity contribution >= 4 is 29.0 Å². The molecule has 0 fully saturated rings. The molecule has 0 bridgehead atoms. The van der Waals surface area contributed by atoms with Crippen molar-refractivity contribution < 1.29 is 4.79 Å². The number of nitrogens with zero attached hydrogens (tertiary/aromatic N) is 1. The summed E-state index contributed by atoms with van der Waals surface area (Å²) in [4.78, 5) is 16.1. The highest BCUT2D eigenvalue weighted by molar-refractivity contribution is 6.34. The lowest BCUT2D eigenvalue weighted by Gasteiger charge is -2.07. The van der Waals surface area contributed by atoms with E-state index in [1.54, 1.807) is 24.4 Å². The number of rotatable bonds is 2. The summed E-state index contributed by atoms with van der Waals surface area (Å²) in [5, 5.41) is 3.02. The zero-order valence-corrected chi connectivity index (χ0v) is 10.5. The van der Waals surface area contributed by atoms with E-state index in [9.17, 15) is 4.79 Å². The van der Waals surface area contributed by atoms with Crippen LogP contribution in [0, 0.1) is 6.92 Å². The molecule has 0 radical (unpaired) electrons. The maximum Gasteiger partial charge on any atom is 0.258 e. The molecule has 1 aromatic carbocycles. The Balaban J connectivity index is 2.21. The van der Waals surface area contributed by atoms with E-state index in [-0.39, 0.29) is 5.91 Å². The zero-order chi connectivity index (χ0) is 13.1. The maximum atomic E-state index is 12.0. The summed E-state index contributed by atoms with van der Waals surface area (Å²) in [5.41, 5.74) is 7.47. The first-order chi connectivity index (χ1) is 8.56. The van der Waals surface area contributed by atoms with Crippen LogP contribution in [0.4, 0.5) is 11.5 Å². The smallest absolute Gasteiger partial charge is 0.258 e. The molecular formula is C13H12ClN3O. The highest BCUT2D eigenvalue weighted by Crippen LogP contribution is 2.20. The van der Waals surface area contributed by atoms with Gasteiger partial charge in [0.05, 0.1) is 10.6 Å². The number of hydrogen-bond donors (Lipinski definition) is 2. The molecule has 0 saturated heterocycles. The summed E-state index contributed by atoms with van der Waals surface area (Å²) in [6.07, 6.45) is 1.68. The van der Waals surface area contributed by atoms with Crippen LogP contribution in [0.2, 0.25) is 5.02 Å². The molecule has 2 aromatic rings. The van der Waals surface area contributed by atoms with Crippen molar-refractivity contribution in [1.82, 2.24) is 4.98 Å². The van der Waals surface area contributed by atoms with E-state index in [0.717, 1.165) is 5.56 Å². The van der Waals surface area contributed by atoms with Gasteiger partial charge in [0.2, 0.25) is 0 Å². The van der Waals surface area contributed by atoms with E-state index >= 15 is 0 Å². The van der Waals surface area contributed by atoms with E-state index < -0.39 is 0 Å². The van der Waals surface area contributed by atoms with Crippen molar-refractivity contribution in [1.29, 1.82) is 0 Å². The number of amides is 1. The molecule has 1 heterocycles. The highest BCUT2D eigenvalue weighted by atomic mass is 35.5. The molecule has 0 spiro atoms. The normalized spacial score (nSPS) is 10.1. The molecule has 0 unspecified atom stereocenters. The number of hydrogen-bond acceptors (Lipinski definition) is 3. The lowest BCUT2D eigenvalue weighted by Crippen LogP contribution is -2.13. The molecule has 1 amide bonds. The number of benzene rings is 1. The molecule has 0 aliphatic heterocycles. The second kappa shape index (κ2) is 5.06. The number of nitrogen functional groups attached to an aromatic ring is 1. The molecule has 1 aromatic heterocycles. The summed E-state index contributed by atoms with van der Waals surface area (Å²) in [5.74, 6) is 0.146. The average molecular weight is 262 g/mol. The monoisotopic (exact) mass is 261 g/mol. The summed E-state index contributed by atoms with van der Waals surface area (Å²) in [7, 11) is 0. The Morgan fingerprint density at radius 1 is 1.33 bits per heavy atom. The molecule has 0 atom stereocenters. The Kier molecular flexibility index (Phi) is 3.48. The fourth-order valence-corrected chi connectivity index (χ4v) is 1.65. The van der Waals surface area contributed by atoms with E-state index in [1.807, 2.05) is 13.0 Å². The third-order valence-corrected chi connectivity index (χ3v) is 2.72. The topological polar surface area (TPSA) is 68.0 Å². The van der Waals surface area contributed by atoms with Gasteiger partial charge < -0.3 is 11.1 Å². The van der Waals surface area contributed by atoms with Gasteiger partial charge in [-0.15, -0.1) is 0 Å². The SMILES string of the molecule is Cc1ccc(NC(=O)c2cc(N)ccc2Cl)nc1. The molecular weight excluding hydrogens is 250 g/mol. The summed E-state index contributed by atoms with van der Waals surface area (Å²) in [6.45, 7) is 1.92. The van der Waals surface area contributed by atoms with E-state index in [2.05, 4.69) is 10.3 Å². The van der Waals surface area contributed by atoms with E-state index in [4.69, 9.17) is 17.3 Å². The quantitative estimate of drug-likeness (QED) is 0.817. The van der Waals surface area contributed by atoms with Crippen molar-refractivity contribution in [3.8, 4) is 0 Å². The Morgan fingerprint density at radius 3 is 2.78 bits per heavy atom. The molecule has 4 nitrogen and oxygen atoms in total. The van der Waals surface area contributed by atoms with Gasteiger partial charge in [-0.3, -0.25) is 4.79 Å². The first kappa shape index (κ1) is 12.4. The molecule has 5 heteroatoms. The third-order valence-electron chi connectivity index (χ3n) is 2.39. The second-order valence-corrected chi connectivity index (χ2v) is 4.32. The van der Waals surface area contributed by atoms with Crippen LogP contribution in [-0.2, 0) is 0 Å². The summed E-state index contributed by atoms with van der Waals surface area (Å²) in [6, 6.07) is 8.36. The van der Waals surface area contributed by atoms with Crippen LogP contribution in [-0.4, -0.2) is 10.9 Å². The molecule has 92 valence electrons. The number of nitrogens with two attached hydrogens (primary N) is 1. The minimum atomic E-state index is -0.330. The van der Waals surface area contributed by atoms with Gasteiger partial charge in [0.1, 0.15) is 5.82 Å². The average Bonchev–Trinajstić information content (AvgIpc) is 2.35. The lowest BCUT2D eigenvalue weighted by molar-refractivity contribution is 0.102. The highest BCUT2D eigenvalue weighted by Gasteiger charge is 2.11. The largest absolute Gasteiger partial charge is 0.399 e. The van der Waals surface area contributed by atoms with Crippen molar-refractivity contribution in [2.75, 3.05) is 11.1 Å². The van der Waals surface area contributed by atoms with Crippen molar-refractivity contribution in [3.63, 3.8) is 0 Å². The van der Waals surface area contributed by atoms with Crippen LogP contribution >= 0.6 is 11.6 Å². The van der Waals surface area contributed by atoms with Gasteiger partial charge in [0.15, 0.2) is 0 Å². The Bertz CT molecular complexity index is 581. The zero-order valence-electron chi connectivity index (χ0n) is 9.77. The minimum absolute atomic E-state index is 0.330. The van der Waals surface area contributed by atoms with E-state index in [1.165, 1.54) is 6.07 Å². The van der Waals surface area contributed by atoms with Crippen LogP contribution in [0.15, 0.2) is 36.5 Å². The standard InChI is InChI=1S/C13H12ClN3O/c1-8-2-5-12(16-7-8)17-13(18)10-6-9(15)3-4-11(10)14/h2-7H,15H2,1H3,(H,16,17,18). The van der Waals surface area contributed by atoms with Gasteiger partial charge in [0, 0.05) is 11.9 Å². The van der Waals surface area contributed by atoms with Crippen LogP contribution in [0.25, 0.3) is 0 Å². The van der Waals surface area contributed by atoms with Crippen molar-refractivity contribution in [2.45, 2.75) is 6.92 Å². The van der Waals surface area contributed by atoms with Gasteiger partial charge in [0.25, 0.3) is 5.91 Å². The fraction of sp³-hybridized carbons (Fsp3) is 0.0769. The van der Waals surface area contributed by atoms with Gasteiger partial charge in [-0.05, 0) is 36.8 Å². The number of pyridine rings is 1. The number of carbonyl (C=O) groups excluding carboxylic acids is 1. The molecule has 3 N–H and O–H groups in total. The Morgan fingerprint density at radius 2 is 2.11 bits per heavy atom. The Labute approximate surface area is 110 Å². The van der Waals surface area contributed by atoms with Crippen LogP contribution in [0.5, 0.6) is 0 Å². The van der Waals surface area contributed by atoms with Gasteiger partial charge in [-0.25, -0.2) is 4.98 Å². The predicted molar refractivity (Wildman–Crippen MR) is 72.8 cm³/mol. The number of halogens is 1. The van der Waals surface area contributed by atoms with Crippen LogP contribution in [0.3, 0.4) is 0 Å². The van der Waals surface area contributed by atoms with Crippen molar-refractivity contribution in [3.05, 3.63) is 52.7 Å². The van der Waals surface area contributed by atoms with Gasteiger partial charge in [-0.2, -0.15) is 0 Å². The fourth-order valence-electron chi connectivity index (χ4n) is 1.44. The van der Waals surface area contributed by atoms with Crippen molar-refractivity contribution in [2.24, 2.45) is 0 Å². The maximum absolute atomic E-state index is 12.0. The number of aromatic nitrogens is 1. The molecule has 2 rings (SSSR count). The first-order valence-electron chi connectivity index (χ1n) is 5.35. The van der Waals surface area contributed by atoms with Crippen LogP contribution in [0.1, 0.15) is 15.9 Å². The number of carbonyl (C=O) groups is 1. The number of aryl methyl sites for hydroxylation is 1. The molecule has 0 saturated carbocycles. The minimum Gasteiger partial charge on any atom is -0.399 e. The van der Waals surface area contributed by atoms with Crippen LogP contribution < -0.4 is 11.1 Å². The van der Waals surface area contributed by atoms with Gasteiger partial charge >= 0.3 is 0 Å². The van der Waals surface area contributed by atoms with E-state index in [0.29, 0.717) is 22.1 Å². The molecule has 0 aliphatic carbocycles.